The second-order valence-electron chi connectivity index (χ2n) is 18.4. The molecule has 0 saturated carbocycles. The van der Waals surface area contributed by atoms with Crippen LogP contribution in [0.25, 0.3) is 0 Å². The van der Waals surface area contributed by atoms with Gasteiger partial charge in [-0.2, -0.15) is 0 Å². The molecule has 0 aliphatic heterocycles. The average Bonchev–Trinajstić information content (AvgIpc) is 3.18. The van der Waals surface area contributed by atoms with Crippen LogP contribution < -0.4 is 0 Å². The molecule has 0 heterocycles. The minimum absolute atomic E-state index is 0.0645. The van der Waals surface area contributed by atoms with E-state index in [0.29, 0.717) is 19.3 Å². The van der Waals surface area contributed by atoms with E-state index < -0.39 is 6.10 Å². The van der Waals surface area contributed by atoms with Gasteiger partial charge in [-0.25, -0.2) is 0 Å². The minimum Gasteiger partial charge on any atom is -0.462 e. The number of carbonyl (C=O) groups excluding carboxylic acids is 3. The average molecular weight is 807 g/mol. The lowest BCUT2D eigenvalue weighted by atomic mass is 10.0. The third kappa shape index (κ3) is 45.3. The van der Waals surface area contributed by atoms with Crippen molar-refractivity contribution in [3.05, 3.63) is 0 Å². The summed E-state index contributed by atoms with van der Waals surface area (Å²) in [5.74, 6) is 0.758. The highest BCUT2D eigenvalue weighted by molar-refractivity contribution is 5.71. The molecule has 57 heavy (non-hydrogen) atoms. The lowest BCUT2D eigenvalue weighted by Gasteiger charge is -2.18. The van der Waals surface area contributed by atoms with E-state index in [0.717, 1.165) is 69.6 Å². The van der Waals surface area contributed by atoms with Gasteiger partial charge >= 0.3 is 17.9 Å². The Morgan fingerprint density at radius 3 is 0.860 bits per heavy atom. The highest BCUT2D eigenvalue weighted by atomic mass is 16.6. The van der Waals surface area contributed by atoms with Crippen molar-refractivity contribution in [3.8, 4) is 0 Å². The van der Waals surface area contributed by atoms with Crippen molar-refractivity contribution in [1.82, 2.24) is 0 Å². The molecule has 338 valence electrons. The molecular weight excluding hydrogens is 709 g/mol. The van der Waals surface area contributed by atoms with Crippen molar-refractivity contribution in [2.75, 3.05) is 13.2 Å². The molecule has 0 spiro atoms. The first-order chi connectivity index (χ1) is 27.7. The molecule has 0 rings (SSSR count). The largest absolute Gasteiger partial charge is 0.462 e. The van der Waals surface area contributed by atoms with Crippen LogP contribution in [0.1, 0.15) is 279 Å². The number of ether oxygens (including phenoxy) is 3. The maximum Gasteiger partial charge on any atom is 0.306 e. The number of hydrogen-bond acceptors (Lipinski definition) is 6. The summed E-state index contributed by atoms with van der Waals surface area (Å²) in [6.07, 6.45) is 43.9. The quantitative estimate of drug-likeness (QED) is 0.0346. The first-order valence-corrected chi connectivity index (χ1v) is 25.2. The molecule has 0 aromatic heterocycles. The van der Waals surface area contributed by atoms with Gasteiger partial charge in [-0.05, 0) is 31.1 Å². The Morgan fingerprint density at radius 1 is 0.333 bits per heavy atom. The summed E-state index contributed by atoms with van der Waals surface area (Å²) in [6.45, 7) is 11.3. The first-order valence-electron chi connectivity index (χ1n) is 25.2. The lowest BCUT2D eigenvalue weighted by Crippen LogP contribution is -2.30. The van der Waals surface area contributed by atoms with Gasteiger partial charge in [0.25, 0.3) is 0 Å². The zero-order valence-corrected chi connectivity index (χ0v) is 39.0. The van der Waals surface area contributed by atoms with E-state index in [1.165, 1.54) is 167 Å². The Hall–Kier alpha value is -1.59. The van der Waals surface area contributed by atoms with Gasteiger partial charge in [0.2, 0.25) is 0 Å². The summed E-state index contributed by atoms with van der Waals surface area (Å²) in [6, 6.07) is 0. The van der Waals surface area contributed by atoms with Crippen LogP contribution in [0.5, 0.6) is 0 Å². The van der Waals surface area contributed by atoms with Crippen LogP contribution in [0, 0.1) is 11.8 Å². The SMILES string of the molecule is CCCCCCCCCCCCCCC(=O)O[C@@H](COC(=O)CCCCCCCCCCCCCCCCCC(C)C)COC(=O)CCCCCCCCC(C)C. The van der Waals surface area contributed by atoms with Crippen LogP contribution in [-0.2, 0) is 28.6 Å². The van der Waals surface area contributed by atoms with E-state index in [4.69, 9.17) is 14.2 Å². The summed E-state index contributed by atoms with van der Waals surface area (Å²) in [5.41, 5.74) is 0. The highest BCUT2D eigenvalue weighted by Crippen LogP contribution is 2.17. The van der Waals surface area contributed by atoms with Gasteiger partial charge in [0.05, 0.1) is 0 Å². The Bertz CT molecular complexity index is 870. The first kappa shape index (κ1) is 55.4. The lowest BCUT2D eigenvalue weighted by molar-refractivity contribution is -0.167. The topological polar surface area (TPSA) is 78.9 Å². The molecule has 0 aliphatic rings. The van der Waals surface area contributed by atoms with Crippen LogP contribution in [0.3, 0.4) is 0 Å². The van der Waals surface area contributed by atoms with Gasteiger partial charge in [-0.3, -0.25) is 14.4 Å². The molecule has 0 aliphatic carbocycles. The second-order valence-corrected chi connectivity index (χ2v) is 18.4. The van der Waals surface area contributed by atoms with Crippen LogP contribution in [0.15, 0.2) is 0 Å². The van der Waals surface area contributed by atoms with Crippen LogP contribution in [0.2, 0.25) is 0 Å². The second kappa shape index (κ2) is 44.0. The van der Waals surface area contributed by atoms with Gasteiger partial charge < -0.3 is 14.2 Å². The van der Waals surface area contributed by atoms with Gasteiger partial charge in [0, 0.05) is 19.3 Å². The smallest absolute Gasteiger partial charge is 0.306 e. The van der Waals surface area contributed by atoms with Gasteiger partial charge in [0.1, 0.15) is 13.2 Å². The summed E-state index contributed by atoms with van der Waals surface area (Å²) in [5, 5.41) is 0. The number of rotatable bonds is 45. The molecule has 0 bridgehead atoms. The molecule has 0 N–H and O–H groups in total. The van der Waals surface area contributed by atoms with E-state index in [-0.39, 0.29) is 31.1 Å². The Morgan fingerprint density at radius 2 is 0.579 bits per heavy atom. The normalized spacial score (nSPS) is 12.1. The molecule has 0 aromatic rings. The van der Waals surface area contributed by atoms with Crippen LogP contribution in [-0.4, -0.2) is 37.2 Å². The van der Waals surface area contributed by atoms with E-state index >= 15 is 0 Å². The third-order valence-corrected chi connectivity index (χ3v) is 11.5. The molecular formula is C51H98O6. The standard InChI is InChI=1S/C51H98O6/c1-6-7-8-9-10-11-12-19-23-26-33-38-43-51(54)57-48(45-56-50(53)42-37-32-28-27-30-35-40-47(4)5)44-55-49(52)41-36-31-25-22-20-17-15-13-14-16-18-21-24-29-34-39-46(2)3/h46-48H,6-45H2,1-5H3/t48-/m0/s1. The predicted octanol–water partition coefficient (Wildman–Crippen LogP) is 16.1. The number of hydrogen-bond donors (Lipinski definition) is 0. The summed E-state index contributed by atoms with van der Waals surface area (Å²) in [4.78, 5) is 37.8. The third-order valence-electron chi connectivity index (χ3n) is 11.5. The van der Waals surface area contributed by atoms with E-state index in [1.807, 2.05) is 0 Å². The molecule has 1 atom stereocenters. The number of carbonyl (C=O) groups is 3. The molecule has 0 fully saturated rings. The van der Waals surface area contributed by atoms with E-state index in [9.17, 15) is 14.4 Å². The van der Waals surface area contributed by atoms with Crippen molar-refractivity contribution in [1.29, 1.82) is 0 Å². The Balaban J connectivity index is 4.23. The minimum atomic E-state index is -0.761. The van der Waals surface area contributed by atoms with Gasteiger partial charge in [-0.1, -0.05) is 240 Å². The van der Waals surface area contributed by atoms with Gasteiger partial charge in [0.15, 0.2) is 6.10 Å². The van der Waals surface area contributed by atoms with E-state index in [2.05, 4.69) is 34.6 Å². The zero-order chi connectivity index (χ0) is 41.9. The molecule has 0 amide bonds. The highest BCUT2D eigenvalue weighted by Gasteiger charge is 2.19. The monoisotopic (exact) mass is 807 g/mol. The molecule has 0 radical (unpaired) electrons. The van der Waals surface area contributed by atoms with Crippen molar-refractivity contribution < 1.29 is 28.6 Å². The molecule has 0 aromatic carbocycles. The predicted molar refractivity (Wildman–Crippen MR) is 243 cm³/mol. The van der Waals surface area contributed by atoms with Crippen molar-refractivity contribution in [3.63, 3.8) is 0 Å². The summed E-state index contributed by atoms with van der Waals surface area (Å²) in [7, 11) is 0. The maximum absolute atomic E-state index is 12.7. The van der Waals surface area contributed by atoms with Crippen LogP contribution >= 0.6 is 0 Å². The molecule has 0 saturated heterocycles. The fraction of sp³-hybridized carbons (Fsp3) is 0.941. The summed E-state index contributed by atoms with van der Waals surface area (Å²) >= 11 is 0. The maximum atomic E-state index is 12.7. The Kier molecular flexibility index (Phi) is 42.7. The number of esters is 3. The van der Waals surface area contributed by atoms with Crippen molar-refractivity contribution in [2.45, 2.75) is 285 Å². The fourth-order valence-electron chi connectivity index (χ4n) is 7.64. The molecule has 6 heteroatoms. The molecule has 0 unspecified atom stereocenters. The van der Waals surface area contributed by atoms with Gasteiger partial charge in [-0.15, -0.1) is 0 Å². The zero-order valence-electron chi connectivity index (χ0n) is 39.0. The van der Waals surface area contributed by atoms with Crippen LogP contribution in [0.4, 0.5) is 0 Å². The van der Waals surface area contributed by atoms with Crippen molar-refractivity contribution >= 4 is 17.9 Å². The van der Waals surface area contributed by atoms with Crippen molar-refractivity contribution in [2.24, 2.45) is 11.8 Å². The fourth-order valence-corrected chi connectivity index (χ4v) is 7.64. The molecule has 6 nitrogen and oxygen atoms in total. The summed E-state index contributed by atoms with van der Waals surface area (Å²) < 4.78 is 16.8. The Labute approximate surface area is 355 Å². The van der Waals surface area contributed by atoms with E-state index in [1.54, 1.807) is 0 Å². The number of unbranched alkanes of at least 4 members (excludes halogenated alkanes) is 30.